The van der Waals surface area contributed by atoms with E-state index in [1.54, 1.807) is 22.7 Å². The van der Waals surface area contributed by atoms with Crippen molar-refractivity contribution in [2.75, 3.05) is 26.1 Å². The van der Waals surface area contributed by atoms with Crippen LogP contribution >= 0.6 is 11.8 Å². The smallest absolute Gasteiger partial charge is 0.247 e. The normalized spacial score (nSPS) is 19.4. The van der Waals surface area contributed by atoms with Gasteiger partial charge in [0, 0.05) is 31.5 Å². The number of allylic oxidation sites excluding steroid dienone is 2. The Kier molecular flexibility index (Phi) is 9.13. The molecule has 0 spiro atoms. The van der Waals surface area contributed by atoms with Gasteiger partial charge in [0.2, 0.25) is 5.91 Å². The van der Waals surface area contributed by atoms with Gasteiger partial charge in [-0.25, -0.2) is 0 Å². The van der Waals surface area contributed by atoms with E-state index in [-0.39, 0.29) is 18.6 Å². The second-order valence-corrected chi connectivity index (χ2v) is 8.74. The number of thioether (sulfide) groups is 1. The minimum atomic E-state index is -0.0513. The molecule has 1 atom stereocenters. The van der Waals surface area contributed by atoms with Crippen LogP contribution < -0.4 is 5.73 Å². The lowest BCUT2D eigenvalue weighted by Gasteiger charge is -2.32. The van der Waals surface area contributed by atoms with Gasteiger partial charge in [-0.15, -0.1) is 11.8 Å². The fourth-order valence-electron chi connectivity index (χ4n) is 4.00. The standard InChI is InChI=1S/C25H33N3O2S/c1-19(7-8-20-9-11-24(31-2)27-17-20)23-6-4-3-5-21(23)10-12-25(29)28(18-26)22-13-15-30-16-14-22/h3-6,10-12,17,20,22H,1,7-9,13-16,18,26H2,2H3/b12-10+. The molecule has 0 aliphatic carbocycles. The van der Waals surface area contributed by atoms with E-state index in [1.807, 2.05) is 24.3 Å². The lowest BCUT2D eigenvalue weighted by atomic mass is 9.92. The minimum Gasteiger partial charge on any atom is -0.381 e. The average Bonchev–Trinajstić information content (AvgIpc) is 2.83. The summed E-state index contributed by atoms with van der Waals surface area (Å²) in [6.45, 7) is 5.91. The van der Waals surface area contributed by atoms with Gasteiger partial charge in [0.25, 0.3) is 0 Å². The Bertz CT molecular complexity index is 856. The van der Waals surface area contributed by atoms with Gasteiger partial charge in [0.15, 0.2) is 0 Å². The number of carbonyl (C=O) groups is 1. The van der Waals surface area contributed by atoms with E-state index >= 15 is 0 Å². The molecule has 0 aromatic heterocycles. The zero-order chi connectivity index (χ0) is 22.1. The highest BCUT2D eigenvalue weighted by atomic mass is 32.2. The van der Waals surface area contributed by atoms with Crippen LogP contribution in [0.2, 0.25) is 0 Å². The second kappa shape index (κ2) is 12.0. The summed E-state index contributed by atoms with van der Waals surface area (Å²) >= 11 is 1.68. The van der Waals surface area contributed by atoms with E-state index in [2.05, 4.69) is 36.2 Å². The first kappa shape index (κ1) is 23.5. The number of nitrogens with zero attached hydrogens (tertiary/aromatic N) is 2. The summed E-state index contributed by atoms with van der Waals surface area (Å²) in [6.07, 6.45) is 14.5. The Hall–Kier alpha value is -2.15. The number of ether oxygens (including phenoxy) is 1. The molecule has 2 aliphatic rings. The van der Waals surface area contributed by atoms with Crippen molar-refractivity contribution in [1.29, 1.82) is 0 Å². The number of benzene rings is 1. The van der Waals surface area contributed by atoms with Crippen molar-refractivity contribution < 1.29 is 9.53 Å². The van der Waals surface area contributed by atoms with E-state index < -0.39 is 0 Å². The molecule has 1 unspecified atom stereocenters. The van der Waals surface area contributed by atoms with E-state index in [9.17, 15) is 4.79 Å². The maximum Gasteiger partial charge on any atom is 0.247 e. The molecule has 6 heteroatoms. The molecule has 31 heavy (non-hydrogen) atoms. The number of rotatable bonds is 9. The molecule has 2 heterocycles. The molecular formula is C25H33N3O2S. The van der Waals surface area contributed by atoms with Crippen molar-refractivity contribution in [2.24, 2.45) is 16.6 Å². The summed E-state index contributed by atoms with van der Waals surface area (Å²) in [6, 6.07) is 8.26. The Morgan fingerprint density at radius 2 is 2.13 bits per heavy atom. The minimum absolute atomic E-state index is 0.0513. The molecule has 0 bridgehead atoms. The second-order valence-electron chi connectivity index (χ2n) is 7.92. The molecule has 1 fully saturated rings. The molecule has 3 rings (SSSR count). The van der Waals surface area contributed by atoms with Crippen molar-refractivity contribution in [3.05, 3.63) is 59.2 Å². The van der Waals surface area contributed by atoms with Gasteiger partial charge in [-0.1, -0.05) is 36.9 Å². The van der Waals surface area contributed by atoms with Gasteiger partial charge in [-0.3, -0.25) is 9.79 Å². The first-order valence-corrected chi connectivity index (χ1v) is 12.2. The van der Waals surface area contributed by atoms with E-state index in [0.717, 1.165) is 53.8 Å². The average molecular weight is 440 g/mol. The number of amides is 1. The highest BCUT2D eigenvalue weighted by Crippen LogP contribution is 2.28. The molecule has 0 saturated carbocycles. The summed E-state index contributed by atoms with van der Waals surface area (Å²) < 4.78 is 5.40. The number of aliphatic imine (C=N–C) groups is 1. The largest absolute Gasteiger partial charge is 0.381 e. The van der Waals surface area contributed by atoms with Crippen molar-refractivity contribution in [1.82, 2.24) is 4.90 Å². The van der Waals surface area contributed by atoms with Gasteiger partial charge >= 0.3 is 0 Å². The van der Waals surface area contributed by atoms with Crippen molar-refractivity contribution in [2.45, 2.75) is 38.1 Å². The molecule has 1 amide bonds. The lowest BCUT2D eigenvalue weighted by Crippen LogP contribution is -2.45. The van der Waals surface area contributed by atoms with Crippen LogP contribution in [0.3, 0.4) is 0 Å². The van der Waals surface area contributed by atoms with Gasteiger partial charge in [-0.05, 0) is 67.1 Å². The highest BCUT2D eigenvalue weighted by Gasteiger charge is 2.23. The van der Waals surface area contributed by atoms with Crippen LogP contribution in [0.5, 0.6) is 0 Å². The van der Waals surface area contributed by atoms with E-state index in [4.69, 9.17) is 10.5 Å². The van der Waals surface area contributed by atoms with Crippen LogP contribution in [0.4, 0.5) is 0 Å². The van der Waals surface area contributed by atoms with Gasteiger partial charge in [0.05, 0.1) is 11.7 Å². The van der Waals surface area contributed by atoms with Crippen molar-refractivity contribution in [3.63, 3.8) is 0 Å². The summed E-state index contributed by atoms with van der Waals surface area (Å²) in [4.78, 5) is 19.0. The quantitative estimate of drug-likeness (QED) is 0.447. The third-order valence-corrected chi connectivity index (χ3v) is 6.58. The summed E-state index contributed by atoms with van der Waals surface area (Å²) in [5.41, 5.74) is 9.06. The zero-order valence-electron chi connectivity index (χ0n) is 18.3. The van der Waals surface area contributed by atoms with Crippen LogP contribution in [-0.2, 0) is 9.53 Å². The number of nitrogens with two attached hydrogens (primary N) is 1. The van der Waals surface area contributed by atoms with Crippen molar-refractivity contribution in [3.8, 4) is 0 Å². The molecule has 2 aliphatic heterocycles. The molecule has 166 valence electrons. The first-order valence-electron chi connectivity index (χ1n) is 10.9. The van der Waals surface area contributed by atoms with E-state index in [0.29, 0.717) is 19.1 Å². The lowest BCUT2D eigenvalue weighted by molar-refractivity contribution is -0.129. The molecule has 1 aromatic carbocycles. The molecule has 5 nitrogen and oxygen atoms in total. The third-order valence-electron chi connectivity index (χ3n) is 5.89. The van der Waals surface area contributed by atoms with Crippen LogP contribution in [0, 0.1) is 5.92 Å². The molecule has 2 N–H and O–H groups in total. The van der Waals surface area contributed by atoms with Crippen LogP contribution in [0.25, 0.3) is 11.6 Å². The SMILES string of the molecule is C=C(CCC1C=NC(SC)=CC1)c1ccccc1/C=C/C(=O)N(CN)C1CCOCC1. The topological polar surface area (TPSA) is 67.9 Å². The Labute approximate surface area is 190 Å². The Morgan fingerprint density at radius 3 is 2.81 bits per heavy atom. The predicted molar refractivity (Wildman–Crippen MR) is 132 cm³/mol. The monoisotopic (exact) mass is 439 g/mol. The summed E-state index contributed by atoms with van der Waals surface area (Å²) in [5.74, 6) is 0.402. The molecule has 1 saturated heterocycles. The fraction of sp³-hybridized carbons (Fsp3) is 0.440. The van der Waals surface area contributed by atoms with Gasteiger partial charge in [-0.2, -0.15) is 0 Å². The number of hydrogen-bond donors (Lipinski definition) is 1. The molecular weight excluding hydrogens is 406 g/mol. The zero-order valence-corrected chi connectivity index (χ0v) is 19.2. The molecule has 0 radical (unpaired) electrons. The Balaban J connectivity index is 1.61. The summed E-state index contributed by atoms with van der Waals surface area (Å²) in [7, 11) is 0. The maximum atomic E-state index is 12.8. The third kappa shape index (κ3) is 6.66. The van der Waals surface area contributed by atoms with Gasteiger partial charge < -0.3 is 15.4 Å². The number of hydrogen-bond acceptors (Lipinski definition) is 5. The fourth-order valence-corrected chi connectivity index (χ4v) is 4.43. The highest BCUT2D eigenvalue weighted by molar-refractivity contribution is 8.02. The maximum absolute atomic E-state index is 12.8. The Morgan fingerprint density at radius 1 is 1.35 bits per heavy atom. The van der Waals surface area contributed by atoms with Crippen LogP contribution in [0.1, 0.15) is 43.2 Å². The van der Waals surface area contributed by atoms with Crippen LogP contribution in [0.15, 0.2) is 53.0 Å². The van der Waals surface area contributed by atoms with Gasteiger partial charge in [0.1, 0.15) is 0 Å². The molecule has 1 aromatic rings. The first-order chi connectivity index (χ1) is 15.1. The van der Waals surface area contributed by atoms with E-state index in [1.165, 1.54) is 0 Å². The predicted octanol–water partition coefficient (Wildman–Crippen LogP) is 4.71. The summed E-state index contributed by atoms with van der Waals surface area (Å²) in [5, 5.41) is 1.10. The van der Waals surface area contributed by atoms with Crippen molar-refractivity contribution >= 4 is 35.5 Å². The van der Waals surface area contributed by atoms with Crippen LogP contribution in [-0.4, -0.2) is 49.2 Å². The number of carbonyl (C=O) groups excluding carboxylic acids is 1.